The molecule has 0 fully saturated rings. The van der Waals surface area contributed by atoms with Crippen LogP contribution in [0.2, 0.25) is 0 Å². The van der Waals surface area contributed by atoms with E-state index in [0.29, 0.717) is 6.54 Å². The second-order valence-electron chi connectivity index (χ2n) is 5.99. The summed E-state index contributed by atoms with van der Waals surface area (Å²) in [4.78, 5) is 0.998. The Balaban J connectivity index is 1.78. The molecule has 140 valence electrons. The van der Waals surface area contributed by atoms with Crippen molar-refractivity contribution in [1.82, 2.24) is 0 Å². The number of hydrogen-bond donors (Lipinski definition) is 4. The minimum Gasteiger partial charge on any atom is -0.496 e. The highest BCUT2D eigenvalue weighted by Crippen LogP contribution is 2.35. The molecular weight excluding hydrogens is 356 g/mol. The van der Waals surface area contributed by atoms with Crippen LogP contribution < -0.4 is 26.2 Å². The van der Waals surface area contributed by atoms with Gasteiger partial charge >= 0.3 is 0 Å². The van der Waals surface area contributed by atoms with Crippen LogP contribution in [0.15, 0.2) is 71.6 Å². The summed E-state index contributed by atoms with van der Waals surface area (Å²) >= 11 is 1.51. The Morgan fingerprint density at radius 2 is 1.70 bits per heavy atom. The van der Waals surface area contributed by atoms with E-state index in [1.165, 1.54) is 11.9 Å². The number of nitrogen functional groups attached to an aromatic ring is 1. The molecule has 3 rings (SSSR count). The largest absolute Gasteiger partial charge is 0.496 e. The summed E-state index contributed by atoms with van der Waals surface area (Å²) in [6.45, 7) is 1.34. The van der Waals surface area contributed by atoms with E-state index in [4.69, 9.17) is 16.2 Å². The van der Waals surface area contributed by atoms with Gasteiger partial charge in [0.05, 0.1) is 12.0 Å². The lowest BCUT2D eigenvalue weighted by Gasteiger charge is -2.13. The summed E-state index contributed by atoms with van der Waals surface area (Å²) in [6, 6.07) is 22.1. The van der Waals surface area contributed by atoms with Crippen LogP contribution in [-0.2, 0) is 0 Å². The Bertz CT molecular complexity index is 901. The standard InChI is InChI=1S/C21H24N4OS/c1-26-20-9-8-16(15-4-2-5-17(23)12-15)13-21(20)27-25-19-7-3-6-18(14-19)24-11-10-22/h2-9,12-14,24-25H,10-11,22-23H2,1H3. The van der Waals surface area contributed by atoms with Crippen LogP contribution >= 0.6 is 11.9 Å². The van der Waals surface area contributed by atoms with E-state index >= 15 is 0 Å². The van der Waals surface area contributed by atoms with E-state index in [1.54, 1.807) is 7.11 Å². The number of nitrogens with one attached hydrogen (secondary N) is 2. The highest BCUT2D eigenvalue weighted by molar-refractivity contribution is 8.00. The Morgan fingerprint density at radius 3 is 2.48 bits per heavy atom. The van der Waals surface area contributed by atoms with Crippen LogP contribution in [0, 0.1) is 0 Å². The minimum atomic E-state index is 0.598. The van der Waals surface area contributed by atoms with Gasteiger partial charge in [0.2, 0.25) is 0 Å². The fourth-order valence-corrected chi connectivity index (χ4v) is 3.47. The Kier molecular flexibility index (Phi) is 6.46. The fourth-order valence-electron chi connectivity index (χ4n) is 2.68. The number of benzene rings is 3. The van der Waals surface area contributed by atoms with Crippen LogP contribution in [0.3, 0.4) is 0 Å². The molecule has 0 atom stereocenters. The quantitative estimate of drug-likeness (QED) is 0.342. The number of anilines is 3. The van der Waals surface area contributed by atoms with Gasteiger partial charge in [0, 0.05) is 30.2 Å². The highest BCUT2D eigenvalue weighted by atomic mass is 32.2. The third kappa shape index (κ3) is 5.09. The SMILES string of the molecule is COc1ccc(-c2cccc(N)c2)cc1SNc1cccc(NCCN)c1. The van der Waals surface area contributed by atoms with Gasteiger partial charge in [0.25, 0.3) is 0 Å². The number of methoxy groups -OCH3 is 1. The van der Waals surface area contributed by atoms with Crippen LogP contribution in [0.1, 0.15) is 0 Å². The zero-order valence-corrected chi connectivity index (χ0v) is 16.1. The van der Waals surface area contributed by atoms with E-state index in [2.05, 4.69) is 22.2 Å². The van der Waals surface area contributed by atoms with Crippen LogP contribution in [0.4, 0.5) is 17.1 Å². The second-order valence-corrected chi connectivity index (χ2v) is 6.84. The zero-order chi connectivity index (χ0) is 19.1. The maximum atomic E-state index is 5.92. The van der Waals surface area contributed by atoms with Gasteiger partial charge in [-0.05, 0) is 65.5 Å². The van der Waals surface area contributed by atoms with E-state index in [0.717, 1.165) is 45.4 Å². The third-order valence-corrected chi connectivity index (χ3v) is 4.88. The zero-order valence-electron chi connectivity index (χ0n) is 15.2. The first-order valence-electron chi connectivity index (χ1n) is 8.70. The van der Waals surface area contributed by atoms with Gasteiger partial charge in [-0.25, -0.2) is 0 Å². The molecule has 0 radical (unpaired) electrons. The predicted molar refractivity (Wildman–Crippen MR) is 116 cm³/mol. The van der Waals surface area contributed by atoms with Crippen LogP contribution in [0.25, 0.3) is 11.1 Å². The molecule has 0 aliphatic rings. The van der Waals surface area contributed by atoms with Crippen LogP contribution in [-0.4, -0.2) is 20.2 Å². The smallest absolute Gasteiger partial charge is 0.134 e. The molecule has 0 saturated carbocycles. The van der Waals surface area contributed by atoms with Crippen molar-refractivity contribution < 1.29 is 4.74 Å². The highest BCUT2D eigenvalue weighted by Gasteiger charge is 2.08. The lowest BCUT2D eigenvalue weighted by atomic mass is 10.1. The molecule has 0 aliphatic heterocycles. The molecule has 0 amide bonds. The van der Waals surface area contributed by atoms with Gasteiger partial charge in [0.1, 0.15) is 5.75 Å². The molecule has 6 N–H and O–H groups in total. The molecule has 6 heteroatoms. The summed E-state index contributed by atoms with van der Waals surface area (Å²) in [5.74, 6) is 0.817. The molecule has 0 aliphatic carbocycles. The van der Waals surface area contributed by atoms with Crippen molar-refractivity contribution >= 4 is 29.0 Å². The molecule has 5 nitrogen and oxygen atoms in total. The van der Waals surface area contributed by atoms with Crippen molar-refractivity contribution in [1.29, 1.82) is 0 Å². The molecule has 3 aromatic carbocycles. The summed E-state index contributed by atoms with van der Waals surface area (Å²) in [6.07, 6.45) is 0. The molecule has 0 heterocycles. The van der Waals surface area contributed by atoms with Gasteiger partial charge in [0.15, 0.2) is 0 Å². The van der Waals surface area contributed by atoms with Crippen molar-refractivity contribution in [3.63, 3.8) is 0 Å². The number of hydrogen-bond acceptors (Lipinski definition) is 6. The first kappa shape index (κ1) is 18.9. The van der Waals surface area contributed by atoms with Crippen molar-refractivity contribution in [2.45, 2.75) is 4.90 Å². The molecule has 0 aromatic heterocycles. The van der Waals surface area contributed by atoms with Crippen molar-refractivity contribution in [2.75, 3.05) is 36.0 Å². The average Bonchev–Trinajstić information content (AvgIpc) is 2.71. The maximum Gasteiger partial charge on any atom is 0.134 e. The summed E-state index contributed by atoms with van der Waals surface area (Å²) in [5, 5.41) is 3.28. The first-order chi connectivity index (χ1) is 13.2. The Labute approximate surface area is 164 Å². The number of nitrogens with two attached hydrogens (primary N) is 2. The third-order valence-electron chi connectivity index (χ3n) is 4.00. The fraction of sp³-hybridized carbons (Fsp3) is 0.143. The topological polar surface area (TPSA) is 85.3 Å². The van der Waals surface area contributed by atoms with Gasteiger partial charge in [-0.3, -0.25) is 0 Å². The maximum absolute atomic E-state index is 5.92. The summed E-state index contributed by atoms with van der Waals surface area (Å²) in [7, 11) is 1.68. The van der Waals surface area contributed by atoms with E-state index in [1.807, 2.05) is 54.6 Å². The molecule has 0 unspecified atom stereocenters. The average molecular weight is 381 g/mol. The monoisotopic (exact) mass is 380 g/mol. The first-order valence-corrected chi connectivity index (χ1v) is 9.52. The van der Waals surface area contributed by atoms with Crippen molar-refractivity contribution in [3.8, 4) is 16.9 Å². The molecular formula is C21H24N4OS. The van der Waals surface area contributed by atoms with E-state index < -0.39 is 0 Å². The van der Waals surface area contributed by atoms with Gasteiger partial charge in [-0.1, -0.05) is 24.3 Å². The van der Waals surface area contributed by atoms with E-state index in [-0.39, 0.29) is 0 Å². The number of rotatable bonds is 8. The van der Waals surface area contributed by atoms with Crippen molar-refractivity contribution in [3.05, 3.63) is 66.7 Å². The Hall–Kier alpha value is -2.83. The summed E-state index contributed by atoms with van der Waals surface area (Å²) in [5.41, 5.74) is 16.4. The van der Waals surface area contributed by atoms with Gasteiger partial charge in [-0.2, -0.15) is 0 Å². The molecule has 3 aromatic rings. The minimum absolute atomic E-state index is 0.598. The normalized spacial score (nSPS) is 10.4. The lowest BCUT2D eigenvalue weighted by molar-refractivity contribution is 0.405. The van der Waals surface area contributed by atoms with Crippen LogP contribution in [0.5, 0.6) is 5.75 Å². The van der Waals surface area contributed by atoms with Crippen molar-refractivity contribution in [2.24, 2.45) is 5.73 Å². The molecule has 0 bridgehead atoms. The molecule has 27 heavy (non-hydrogen) atoms. The Morgan fingerprint density at radius 1 is 0.926 bits per heavy atom. The van der Waals surface area contributed by atoms with Gasteiger partial charge in [-0.15, -0.1) is 0 Å². The molecule has 0 saturated heterocycles. The second kappa shape index (κ2) is 9.21. The lowest BCUT2D eigenvalue weighted by Crippen LogP contribution is -2.12. The van der Waals surface area contributed by atoms with E-state index in [9.17, 15) is 0 Å². The summed E-state index contributed by atoms with van der Waals surface area (Å²) < 4.78 is 8.90. The van der Waals surface area contributed by atoms with Gasteiger partial charge < -0.3 is 26.2 Å². The molecule has 0 spiro atoms. The number of ether oxygens (including phenoxy) is 1. The predicted octanol–water partition coefficient (Wildman–Crippen LogP) is 4.43.